The first-order chi connectivity index (χ1) is 10.1. The first kappa shape index (κ1) is 13.3. The van der Waals surface area contributed by atoms with E-state index in [0.717, 1.165) is 34.5 Å². The maximum atomic E-state index is 10.5. The molecule has 1 aromatic heterocycles. The maximum absolute atomic E-state index is 10.5. The van der Waals surface area contributed by atoms with Crippen LogP contribution in [0.2, 0.25) is 0 Å². The van der Waals surface area contributed by atoms with Crippen LogP contribution in [-0.4, -0.2) is 17.3 Å². The monoisotopic (exact) mass is 284 g/mol. The smallest absolute Gasteiger partial charge is 0.231 e. The van der Waals surface area contributed by atoms with Gasteiger partial charge in [0.2, 0.25) is 6.79 Å². The third-order valence-corrected chi connectivity index (χ3v) is 3.48. The fraction of sp³-hybridized carbons (Fsp3) is 0.188. The van der Waals surface area contributed by atoms with Crippen LogP contribution in [0.25, 0.3) is 11.8 Å². The standard InChI is InChI=1S/C16H15NO4/c1-10-7-12(3-6-16(18)19)11(2)17(10)13-4-5-14-15(8-13)21-9-20-14/h3-8H,9H2,1-2H3,(H,18,19)/p-1/b6-3+. The summed E-state index contributed by atoms with van der Waals surface area (Å²) in [4.78, 5) is 10.5. The normalized spacial score (nSPS) is 13.0. The molecule has 0 fully saturated rings. The topological polar surface area (TPSA) is 63.5 Å². The van der Waals surface area contributed by atoms with Gasteiger partial charge in [0.1, 0.15) is 0 Å². The Bertz CT molecular complexity index is 743. The molecule has 0 aliphatic carbocycles. The number of aryl methyl sites for hydroxylation is 1. The molecule has 1 aromatic carbocycles. The molecule has 2 heterocycles. The van der Waals surface area contributed by atoms with Crippen LogP contribution in [0.1, 0.15) is 17.0 Å². The molecule has 0 atom stereocenters. The third kappa shape index (κ3) is 2.38. The SMILES string of the molecule is Cc1cc(/C=C/C(=O)[O-])c(C)n1-c1ccc2c(c1)OCO2. The molecule has 0 saturated carbocycles. The van der Waals surface area contributed by atoms with Crippen molar-refractivity contribution in [3.8, 4) is 17.2 Å². The van der Waals surface area contributed by atoms with Crippen molar-refractivity contribution in [1.82, 2.24) is 4.57 Å². The van der Waals surface area contributed by atoms with E-state index in [1.54, 1.807) is 6.08 Å². The molecule has 1 aliphatic heterocycles. The predicted molar refractivity (Wildman–Crippen MR) is 75.4 cm³/mol. The van der Waals surface area contributed by atoms with E-state index in [4.69, 9.17) is 9.47 Å². The summed E-state index contributed by atoms with van der Waals surface area (Å²) in [6.07, 6.45) is 2.58. The summed E-state index contributed by atoms with van der Waals surface area (Å²) in [6.45, 7) is 4.14. The summed E-state index contributed by atoms with van der Waals surface area (Å²) in [5.41, 5.74) is 3.74. The molecule has 1 aliphatic rings. The number of fused-ring (bicyclic) bond motifs is 1. The fourth-order valence-corrected chi connectivity index (χ4v) is 2.54. The number of carboxylic acid groups (broad SMARTS) is 1. The Balaban J connectivity index is 2.04. The lowest BCUT2D eigenvalue weighted by atomic mass is 10.2. The van der Waals surface area contributed by atoms with Gasteiger partial charge >= 0.3 is 0 Å². The molecule has 3 rings (SSSR count). The highest BCUT2D eigenvalue weighted by atomic mass is 16.7. The van der Waals surface area contributed by atoms with Gasteiger partial charge in [-0.1, -0.05) is 6.08 Å². The zero-order valence-corrected chi connectivity index (χ0v) is 11.8. The van der Waals surface area contributed by atoms with E-state index in [1.807, 2.05) is 42.7 Å². The molecule has 0 unspecified atom stereocenters. The summed E-state index contributed by atoms with van der Waals surface area (Å²) in [6, 6.07) is 7.65. The number of hydrogen-bond donors (Lipinski definition) is 0. The molecular formula is C16H14NO4-. The molecule has 5 nitrogen and oxygen atoms in total. The van der Waals surface area contributed by atoms with Gasteiger partial charge in [-0.05, 0) is 43.7 Å². The van der Waals surface area contributed by atoms with Gasteiger partial charge in [0, 0.05) is 23.1 Å². The highest BCUT2D eigenvalue weighted by Gasteiger charge is 2.16. The molecule has 0 saturated heterocycles. The first-order valence-electron chi connectivity index (χ1n) is 6.54. The van der Waals surface area contributed by atoms with E-state index in [-0.39, 0.29) is 6.79 Å². The largest absolute Gasteiger partial charge is 0.545 e. The Morgan fingerprint density at radius 2 is 2.00 bits per heavy atom. The molecule has 0 radical (unpaired) electrons. The Morgan fingerprint density at radius 3 is 2.76 bits per heavy atom. The van der Waals surface area contributed by atoms with Crippen LogP contribution < -0.4 is 14.6 Å². The molecule has 0 spiro atoms. The Morgan fingerprint density at radius 1 is 1.24 bits per heavy atom. The number of hydrogen-bond acceptors (Lipinski definition) is 4. The molecule has 2 aromatic rings. The van der Waals surface area contributed by atoms with Crippen LogP contribution in [0.5, 0.6) is 11.5 Å². The molecule has 0 bridgehead atoms. The van der Waals surface area contributed by atoms with Crippen molar-refractivity contribution in [2.24, 2.45) is 0 Å². The summed E-state index contributed by atoms with van der Waals surface area (Å²) in [7, 11) is 0. The molecular weight excluding hydrogens is 270 g/mol. The van der Waals surface area contributed by atoms with Gasteiger partial charge in [0.05, 0.1) is 5.97 Å². The van der Waals surface area contributed by atoms with Crippen molar-refractivity contribution in [1.29, 1.82) is 0 Å². The van der Waals surface area contributed by atoms with Crippen LogP contribution in [0, 0.1) is 13.8 Å². The van der Waals surface area contributed by atoms with Crippen molar-refractivity contribution >= 4 is 12.0 Å². The van der Waals surface area contributed by atoms with Crippen LogP contribution in [0.15, 0.2) is 30.3 Å². The van der Waals surface area contributed by atoms with Gasteiger partial charge < -0.3 is 23.9 Å². The molecule has 0 N–H and O–H groups in total. The number of nitrogens with zero attached hydrogens (tertiary/aromatic N) is 1. The van der Waals surface area contributed by atoms with E-state index in [1.165, 1.54) is 0 Å². The van der Waals surface area contributed by atoms with Gasteiger partial charge in [0.15, 0.2) is 11.5 Å². The van der Waals surface area contributed by atoms with Crippen molar-refractivity contribution in [2.45, 2.75) is 13.8 Å². The van der Waals surface area contributed by atoms with Crippen LogP contribution in [0.4, 0.5) is 0 Å². The lowest BCUT2D eigenvalue weighted by Gasteiger charge is -2.10. The highest BCUT2D eigenvalue weighted by Crippen LogP contribution is 2.34. The molecule has 21 heavy (non-hydrogen) atoms. The van der Waals surface area contributed by atoms with E-state index in [0.29, 0.717) is 5.75 Å². The minimum Gasteiger partial charge on any atom is -0.545 e. The van der Waals surface area contributed by atoms with Crippen molar-refractivity contribution < 1.29 is 19.4 Å². The van der Waals surface area contributed by atoms with Crippen molar-refractivity contribution in [2.75, 3.05) is 6.79 Å². The molecule has 5 heteroatoms. The number of aliphatic carboxylic acids is 1. The minimum atomic E-state index is -1.21. The molecule has 108 valence electrons. The number of carbonyl (C=O) groups is 1. The Hall–Kier alpha value is -2.69. The summed E-state index contributed by atoms with van der Waals surface area (Å²) >= 11 is 0. The maximum Gasteiger partial charge on any atom is 0.231 e. The third-order valence-electron chi connectivity index (χ3n) is 3.48. The van der Waals surface area contributed by atoms with Crippen LogP contribution in [-0.2, 0) is 4.79 Å². The number of rotatable bonds is 3. The predicted octanol–water partition coefficient (Wildman–Crippen LogP) is 1.59. The van der Waals surface area contributed by atoms with E-state index >= 15 is 0 Å². The van der Waals surface area contributed by atoms with Crippen LogP contribution in [0.3, 0.4) is 0 Å². The van der Waals surface area contributed by atoms with Crippen molar-refractivity contribution in [3.05, 3.63) is 47.3 Å². The second-order valence-corrected chi connectivity index (χ2v) is 4.85. The number of carboxylic acids is 1. The Labute approximate surface area is 122 Å². The lowest BCUT2D eigenvalue weighted by molar-refractivity contribution is -0.297. The second-order valence-electron chi connectivity index (χ2n) is 4.85. The summed E-state index contributed by atoms with van der Waals surface area (Å²) in [5, 5.41) is 10.5. The number of aromatic nitrogens is 1. The minimum absolute atomic E-state index is 0.238. The van der Waals surface area contributed by atoms with Crippen molar-refractivity contribution in [3.63, 3.8) is 0 Å². The van der Waals surface area contributed by atoms with Gasteiger partial charge in [-0.2, -0.15) is 0 Å². The lowest BCUT2D eigenvalue weighted by Crippen LogP contribution is -2.18. The van der Waals surface area contributed by atoms with E-state index in [2.05, 4.69) is 0 Å². The Kier molecular flexibility index (Phi) is 3.17. The fourth-order valence-electron chi connectivity index (χ4n) is 2.54. The average molecular weight is 284 g/mol. The van der Waals surface area contributed by atoms with E-state index < -0.39 is 5.97 Å². The second kappa shape index (κ2) is 5.01. The zero-order chi connectivity index (χ0) is 15.0. The van der Waals surface area contributed by atoms with E-state index in [9.17, 15) is 9.90 Å². The van der Waals surface area contributed by atoms with Gasteiger partial charge in [-0.25, -0.2) is 0 Å². The number of ether oxygens (including phenoxy) is 2. The number of carbonyl (C=O) groups excluding carboxylic acids is 1. The van der Waals surface area contributed by atoms with Gasteiger partial charge in [-0.15, -0.1) is 0 Å². The summed E-state index contributed by atoms with van der Waals surface area (Å²) in [5.74, 6) is 0.244. The highest BCUT2D eigenvalue weighted by molar-refractivity contribution is 5.84. The average Bonchev–Trinajstić information content (AvgIpc) is 3.00. The first-order valence-corrected chi connectivity index (χ1v) is 6.54. The zero-order valence-electron chi connectivity index (χ0n) is 11.8. The van der Waals surface area contributed by atoms with Gasteiger partial charge in [0.25, 0.3) is 0 Å². The van der Waals surface area contributed by atoms with Crippen LogP contribution >= 0.6 is 0 Å². The quantitative estimate of drug-likeness (QED) is 0.803. The summed E-state index contributed by atoms with van der Waals surface area (Å²) < 4.78 is 12.7. The molecule has 0 amide bonds. The number of benzene rings is 1. The van der Waals surface area contributed by atoms with Gasteiger partial charge in [-0.3, -0.25) is 0 Å².